The van der Waals surface area contributed by atoms with Crippen LogP contribution < -0.4 is 0 Å². The summed E-state index contributed by atoms with van der Waals surface area (Å²) in [6, 6.07) is 16.1. The van der Waals surface area contributed by atoms with E-state index in [4.69, 9.17) is 4.42 Å². The van der Waals surface area contributed by atoms with Crippen LogP contribution in [0.5, 0.6) is 0 Å². The SMILES string of the molecule is Cc1ccoc1C(=O)Cc1ccc2ccccc2c1. The van der Waals surface area contributed by atoms with Crippen molar-refractivity contribution in [3.05, 3.63) is 71.7 Å². The minimum atomic E-state index is 0.0257. The van der Waals surface area contributed by atoms with Crippen LogP contribution in [0, 0.1) is 6.92 Å². The first-order valence-electron chi connectivity index (χ1n) is 6.29. The van der Waals surface area contributed by atoms with E-state index in [9.17, 15) is 4.79 Å². The Kier molecular flexibility index (Phi) is 2.92. The van der Waals surface area contributed by atoms with E-state index in [1.807, 2.05) is 37.3 Å². The lowest BCUT2D eigenvalue weighted by Gasteiger charge is -2.03. The molecule has 0 aliphatic carbocycles. The Bertz CT molecular complexity index is 738. The van der Waals surface area contributed by atoms with Gasteiger partial charge >= 0.3 is 0 Å². The van der Waals surface area contributed by atoms with Crippen LogP contribution in [0.25, 0.3) is 10.8 Å². The highest BCUT2D eigenvalue weighted by Gasteiger charge is 2.13. The predicted octanol–water partition coefficient (Wildman–Crippen LogP) is 4.17. The summed E-state index contributed by atoms with van der Waals surface area (Å²) in [7, 11) is 0. The smallest absolute Gasteiger partial charge is 0.202 e. The van der Waals surface area contributed by atoms with Crippen molar-refractivity contribution in [2.45, 2.75) is 13.3 Å². The first kappa shape index (κ1) is 11.7. The van der Waals surface area contributed by atoms with Crippen LogP contribution in [-0.4, -0.2) is 5.78 Å². The Morgan fingerprint density at radius 3 is 2.58 bits per heavy atom. The van der Waals surface area contributed by atoms with Crippen LogP contribution in [0.2, 0.25) is 0 Å². The summed E-state index contributed by atoms with van der Waals surface area (Å²) in [6.45, 7) is 1.89. The van der Waals surface area contributed by atoms with Gasteiger partial charge in [-0.25, -0.2) is 0 Å². The predicted molar refractivity (Wildman–Crippen MR) is 75.4 cm³/mol. The van der Waals surface area contributed by atoms with Gasteiger partial charge in [-0.1, -0.05) is 42.5 Å². The topological polar surface area (TPSA) is 30.2 Å². The molecule has 0 aliphatic heterocycles. The van der Waals surface area contributed by atoms with E-state index in [0.29, 0.717) is 12.2 Å². The fourth-order valence-electron chi connectivity index (χ4n) is 2.27. The molecule has 1 aromatic heterocycles. The molecule has 2 heteroatoms. The third-order valence-corrected chi connectivity index (χ3v) is 3.29. The number of furan rings is 1. The number of rotatable bonds is 3. The number of fused-ring (bicyclic) bond motifs is 1. The molecule has 0 saturated carbocycles. The van der Waals surface area contributed by atoms with E-state index in [2.05, 4.69) is 18.2 Å². The molecule has 0 unspecified atom stereocenters. The van der Waals surface area contributed by atoms with Crippen LogP contribution in [0.3, 0.4) is 0 Å². The molecule has 0 saturated heterocycles. The van der Waals surface area contributed by atoms with Crippen molar-refractivity contribution in [1.29, 1.82) is 0 Å². The van der Waals surface area contributed by atoms with E-state index < -0.39 is 0 Å². The minimum Gasteiger partial charge on any atom is -0.461 e. The fraction of sp³-hybridized carbons (Fsp3) is 0.118. The molecule has 2 nitrogen and oxygen atoms in total. The van der Waals surface area contributed by atoms with Crippen LogP contribution >= 0.6 is 0 Å². The quantitative estimate of drug-likeness (QED) is 0.653. The molecule has 94 valence electrons. The third kappa shape index (κ3) is 2.29. The highest BCUT2D eigenvalue weighted by molar-refractivity contribution is 5.96. The summed E-state index contributed by atoms with van der Waals surface area (Å²) in [5, 5.41) is 2.34. The summed E-state index contributed by atoms with van der Waals surface area (Å²) in [5.41, 5.74) is 1.91. The zero-order valence-corrected chi connectivity index (χ0v) is 10.7. The fourth-order valence-corrected chi connectivity index (χ4v) is 2.27. The van der Waals surface area contributed by atoms with Crippen LogP contribution in [-0.2, 0) is 6.42 Å². The molecule has 0 N–H and O–H groups in total. The Hall–Kier alpha value is -2.35. The average molecular weight is 250 g/mol. The molecule has 0 bridgehead atoms. The number of carbonyl (C=O) groups is 1. The molecule has 19 heavy (non-hydrogen) atoms. The molecule has 1 heterocycles. The summed E-state index contributed by atoms with van der Waals surface area (Å²) in [5.74, 6) is 0.492. The first-order chi connectivity index (χ1) is 9.24. The molecule has 0 spiro atoms. The number of Topliss-reactive ketones (excluding diaryl/α,β-unsaturated/α-hetero) is 1. The monoisotopic (exact) mass is 250 g/mol. The zero-order chi connectivity index (χ0) is 13.2. The first-order valence-corrected chi connectivity index (χ1v) is 6.29. The third-order valence-electron chi connectivity index (χ3n) is 3.29. The van der Waals surface area contributed by atoms with Crippen LogP contribution in [0.15, 0.2) is 59.2 Å². The Morgan fingerprint density at radius 2 is 1.84 bits per heavy atom. The van der Waals surface area contributed by atoms with Crippen LogP contribution in [0.1, 0.15) is 21.7 Å². The number of benzene rings is 2. The molecule has 0 amide bonds. The van der Waals surface area contributed by atoms with E-state index in [1.54, 1.807) is 6.26 Å². The number of carbonyl (C=O) groups excluding carboxylic acids is 1. The minimum absolute atomic E-state index is 0.0257. The lowest BCUT2D eigenvalue weighted by Crippen LogP contribution is -2.03. The van der Waals surface area contributed by atoms with Gasteiger partial charge in [-0.3, -0.25) is 4.79 Å². The van der Waals surface area contributed by atoms with Gasteiger partial charge in [0.2, 0.25) is 5.78 Å². The highest BCUT2D eigenvalue weighted by Crippen LogP contribution is 2.18. The molecule has 2 aromatic carbocycles. The van der Waals surface area contributed by atoms with Gasteiger partial charge in [-0.05, 0) is 34.9 Å². The highest BCUT2D eigenvalue weighted by atomic mass is 16.3. The Morgan fingerprint density at radius 1 is 1.05 bits per heavy atom. The average Bonchev–Trinajstić information content (AvgIpc) is 2.85. The zero-order valence-electron chi connectivity index (χ0n) is 10.7. The van der Waals surface area contributed by atoms with Crippen molar-refractivity contribution in [1.82, 2.24) is 0 Å². The van der Waals surface area contributed by atoms with Crippen molar-refractivity contribution >= 4 is 16.6 Å². The number of aryl methyl sites for hydroxylation is 1. The standard InChI is InChI=1S/C17H14O2/c1-12-8-9-19-17(12)16(18)11-13-6-7-14-4-2-3-5-15(14)10-13/h2-10H,11H2,1H3. The van der Waals surface area contributed by atoms with E-state index in [1.165, 1.54) is 5.39 Å². The second-order valence-corrected chi connectivity index (χ2v) is 4.71. The van der Waals surface area contributed by atoms with Crippen molar-refractivity contribution < 1.29 is 9.21 Å². The maximum absolute atomic E-state index is 12.1. The van der Waals surface area contributed by atoms with E-state index in [0.717, 1.165) is 16.5 Å². The molecule has 0 fully saturated rings. The molecule has 0 aliphatic rings. The van der Waals surface area contributed by atoms with Gasteiger partial charge in [0, 0.05) is 6.42 Å². The van der Waals surface area contributed by atoms with Crippen molar-refractivity contribution in [3.63, 3.8) is 0 Å². The van der Waals surface area contributed by atoms with Crippen molar-refractivity contribution in [3.8, 4) is 0 Å². The normalized spacial score (nSPS) is 10.8. The van der Waals surface area contributed by atoms with Crippen molar-refractivity contribution in [2.75, 3.05) is 0 Å². The van der Waals surface area contributed by atoms with Gasteiger partial charge in [0.25, 0.3) is 0 Å². The van der Waals surface area contributed by atoms with Gasteiger partial charge in [-0.15, -0.1) is 0 Å². The molecular formula is C17H14O2. The molecule has 0 atom stereocenters. The number of ketones is 1. The van der Waals surface area contributed by atoms with Gasteiger partial charge < -0.3 is 4.42 Å². The lowest BCUT2D eigenvalue weighted by atomic mass is 10.0. The largest absolute Gasteiger partial charge is 0.461 e. The van der Waals surface area contributed by atoms with E-state index >= 15 is 0 Å². The van der Waals surface area contributed by atoms with Gasteiger partial charge in [0.1, 0.15) is 0 Å². The van der Waals surface area contributed by atoms with E-state index in [-0.39, 0.29) is 5.78 Å². The number of hydrogen-bond acceptors (Lipinski definition) is 2. The second kappa shape index (κ2) is 4.73. The Balaban J connectivity index is 1.89. The summed E-state index contributed by atoms with van der Waals surface area (Å²) >= 11 is 0. The molecular weight excluding hydrogens is 236 g/mol. The van der Waals surface area contributed by atoms with Crippen molar-refractivity contribution in [2.24, 2.45) is 0 Å². The second-order valence-electron chi connectivity index (χ2n) is 4.71. The summed E-state index contributed by atoms with van der Waals surface area (Å²) < 4.78 is 5.24. The maximum Gasteiger partial charge on any atom is 0.202 e. The molecule has 3 rings (SSSR count). The van der Waals surface area contributed by atoms with Gasteiger partial charge in [0.05, 0.1) is 6.26 Å². The molecule has 3 aromatic rings. The Labute approximate surface area is 111 Å². The maximum atomic E-state index is 12.1. The van der Waals surface area contributed by atoms with Crippen LogP contribution in [0.4, 0.5) is 0 Å². The summed E-state index contributed by atoms with van der Waals surface area (Å²) in [6.07, 6.45) is 1.93. The molecule has 0 radical (unpaired) electrons. The number of hydrogen-bond donors (Lipinski definition) is 0. The lowest BCUT2D eigenvalue weighted by molar-refractivity contribution is 0.0965. The van der Waals surface area contributed by atoms with Gasteiger partial charge in [0.15, 0.2) is 5.76 Å². The summed E-state index contributed by atoms with van der Waals surface area (Å²) in [4.78, 5) is 12.1. The van der Waals surface area contributed by atoms with Gasteiger partial charge in [-0.2, -0.15) is 0 Å².